The van der Waals surface area contributed by atoms with Gasteiger partial charge < -0.3 is 5.32 Å². The Morgan fingerprint density at radius 3 is 2.42 bits per heavy atom. The normalized spacial score (nSPS) is 13.1. The van der Waals surface area contributed by atoms with E-state index in [1.165, 1.54) is 12.1 Å². The summed E-state index contributed by atoms with van der Waals surface area (Å²) in [7, 11) is 0. The minimum Gasteiger partial charge on any atom is -0.319 e. The highest BCUT2D eigenvalue weighted by molar-refractivity contribution is 6.42. The number of amides is 1. The van der Waals surface area contributed by atoms with Gasteiger partial charge in [-0.1, -0.05) is 46.4 Å². The Balaban J connectivity index is 1.86. The molecule has 4 rings (SSSR count). The maximum absolute atomic E-state index is 13.2. The van der Waals surface area contributed by atoms with Crippen LogP contribution in [-0.2, 0) is 12.8 Å². The number of fused-ring (bicyclic) bond motifs is 2. The van der Waals surface area contributed by atoms with E-state index in [2.05, 4.69) is 10.3 Å². The van der Waals surface area contributed by atoms with Crippen LogP contribution in [0.25, 0.3) is 10.9 Å². The first-order valence-corrected chi connectivity index (χ1v) is 9.52. The largest absolute Gasteiger partial charge is 0.319 e. The molecule has 1 aromatic heterocycles. The van der Waals surface area contributed by atoms with Crippen LogP contribution in [-0.4, -0.2) is 10.9 Å². The van der Waals surface area contributed by atoms with Crippen molar-refractivity contribution in [1.29, 1.82) is 0 Å². The van der Waals surface area contributed by atoms with Crippen LogP contribution in [0.3, 0.4) is 0 Å². The van der Waals surface area contributed by atoms with Gasteiger partial charge in [0.2, 0.25) is 0 Å². The summed E-state index contributed by atoms with van der Waals surface area (Å²) in [5.41, 5.74) is 3.57. The van der Waals surface area contributed by atoms with Gasteiger partial charge in [0.05, 0.1) is 26.8 Å². The monoisotopic (exact) mass is 424 g/mol. The van der Waals surface area contributed by atoms with Crippen LogP contribution >= 0.6 is 46.4 Å². The Kier molecular flexibility index (Phi) is 4.74. The Bertz CT molecular complexity index is 1040. The minimum absolute atomic E-state index is 0.281. The highest BCUT2D eigenvalue weighted by atomic mass is 35.5. The highest BCUT2D eigenvalue weighted by Gasteiger charge is 2.25. The molecule has 0 bridgehead atoms. The molecular formula is C19H12Cl4N2O. The van der Waals surface area contributed by atoms with E-state index in [0.29, 0.717) is 21.3 Å². The summed E-state index contributed by atoms with van der Waals surface area (Å²) in [5.74, 6) is -0.288. The van der Waals surface area contributed by atoms with Crippen molar-refractivity contribution in [3.05, 3.63) is 67.2 Å². The van der Waals surface area contributed by atoms with E-state index in [9.17, 15) is 4.79 Å². The van der Waals surface area contributed by atoms with Crippen molar-refractivity contribution >= 4 is 68.9 Å². The van der Waals surface area contributed by atoms with E-state index in [1.807, 2.05) is 6.07 Å². The first-order valence-electron chi connectivity index (χ1n) is 8.01. The van der Waals surface area contributed by atoms with Gasteiger partial charge in [-0.05, 0) is 55.2 Å². The molecule has 0 fully saturated rings. The molecule has 1 aliphatic carbocycles. The van der Waals surface area contributed by atoms with Gasteiger partial charge in [-0.25, -0.2) is 0 Å². The zero-order chi connectivity index (χ0) is 18.4. The molecule has 1 amide bonds. The Morgan fingerprint density at radius 1 is 0.962 bits per heavy atom. The fourth-order valence-electron chi connectivity index (χ4n) is 3.33. The van der Waals surface area contributed by atoms with Gasteiger partial charge >= 0.3 is 0 Å². The first kappa shape index (κ1) is 17.9. The van der Waals surface area contributed by atoms with Gasteiger partial charge in [0.1, 0.15) is 0 Å². The van der Waals surface area contributed by atoms with Crippen LogP contribution in [0.5, 0.6) is 0 Å². The molecule has 7 heteroatoms. The number of rotatable bonds is 2. The predicted molar refractivity (Wildman–Crippen MR) is 108 cm³/mol. The number of halogens is 4. The minimum atomic E-state index is -0.288. The zero-order valence-electron chi connectivity index (χ0n) is 13.4. The summed E-state index contributed by atoms with van der Waals surface area (Å²) in [6, 6.07) is 8.44. The highest BCUT2D eigenvalue weighted by Crippen LogP contribution is 2.36. The molecule has 0 aliphatic heterocycles. The molecule has 0 spiro atoms. The molecule has 0 atom stereocenters. The summed E-state index contributed by atoms with van der Waals surface area (Å²) in [6.45, 7) is 0. The maximum Gasteiger partial charge on any atom is 0.256 e. The molecule has 0 saturated heterocycles. The van der Waals surface area contributed by atoms with E-state index < -0.39 is 0 Å². The number of hydrogen-bond donors (Lipinski definition) is 1. The Hall–Kier alpha value is -1.52. The van der Waals surface area contributed by atoms with Crippen LogP contribution in [0.2, 0.25) is 20.1 Å². The van der Waals surface area contributed by atoms with Crippen LogP contribution in [0.1, 0.15) is 28.0 Å². The molecule has 1 aliphatic rings. The van der Waals surface area contributed by atoms with Gasteiger partial charge in [-0.2, -0.15) is 0 Å². The van der Waals surface area contributed by atoms with Crippen molar-refractivity contribution in [1.82, 2.24) is 4.98 Å². The summed E-state index contributed by atoms with van der Waals surface area (Å²) in [5, 5.41) is 5.07. The van der Waals surface area contributed by atoms with Gasteiger partial charge in [0.25, 0.3) is 5.91 Å². The second-order valence-electron chi connectivity index (χ2n) is 6.13. The standard InChI is InChI=1S/C19H12Cl4N2O/c20-9-4-5-16-12(6-9)17(11-2-1-3-15(11)24-16)19(26)25-18-13(22)7-10(21)8-14(18)23/h4-8H,1-3H2,(H,25,26). The van der Waals surface area contributed by atoms with Crippen molar-refractivity contribution in [2.75, 3.05) is 5.32 Å². The third-order valence-electron chi connectivity index (χ3n) is 4.45. The number of aromatic nitrogens is 1. The number of pyridine rings is 1. The molecule has 0 saturated carbocycles. The summed E-state index contributed by atoms with van der Waals surface area (Å²) in [6.07, 6.45) is 2.63. The zero-order valence-corrected chi connectivity index (χ0v) is 16.4. The summed E-state index contributed by atoms with van der Waals surface area (Å²) < 4.78 is 0. The average molecular weight is 426 g/mol. The summed E-state index contributed by atoms with van der Waals surface area (Å²) >= 11 is 24.5. The number of nitrogens with zero attached hydrogens (tertiary/aromatic N) is 1. The second kappa shape index (κ2) is 6.90. The smallest absolute Gasteiger partial charge is 0.256 e. The fourth-order valence-corrected chi connectivity index (χ4v) is 4.41. The van der Waals surface area contributed by atoms with Crippen molar-refractivity contribution in [2.24, 2.45) is 0 Å². The van der Waals surface area contributed by atoms with Crippen LogP contribution in [0, 0.1) is 0 Å². The summed E-state index contributed by atoms with van der Waals surface area (Å²) in [4.78, 5) is 17.8. The lowest BCUT2D eigenvalue weighted by Gasteiger charge is -2.15. The van der Waals surface area contributed by atoms with E-state index >= 15 is 0 Å². The van der Waals surface area contributed by atoms with Crippen LogP contribution < -0.4 is 5.32 Å². The number of carbonyl (C=O) groups is 1. The lowest BCUT2D eigenvalue weighted by molar-refractivity contribution is 0.102. The van der Waals surface area contributed by atoms with Gasteiger partial charge in [-0.3, -0.25) is 9.78 Å². The predicted octanol–water partition coefficient (Wildman–Crippen LogP) is 6.59. The van der Waals surface area contributed by atoms with E-state index in [-0.39, 0.29) is 16.0 Å². The van der Waals surface area contributed by atoms with Gasteiger partial charge in [-0.15, -0.1) is 0 Å². The maximum atomic E-state index is 13.2. The van der Waals surface area contributed by atoms with Crippen molar-refractivity contribution in [3.8, 4) is 0 Å². The molecule has 3 aromatic rings. The molecule has 0 radical (unpaired) electrons. The molecule has 1 heterocycles. The van der Waals surface area contributed by atoms with Crippen LogP contribution in [0.4, 0.5) is 5.69 Å². The van der Waals surface area contributed by atoms with E-state index in [0.717, 1.165) is 41.4 Å². The molecule has 0 unspecified atom stereocenters. The first-order chi connectivity index (χ1) is 12.4. The molecule has 2 aromatic carbocycles. The number of nitrogens with one attached hydrogen (secondary N) is 1. The lowest BCUT2D eigenvalue weighted by atomic mass is 10.0. The van der Waals surface area contributed by atoms with Gasteiger partial charge in [0.15, 0.2) is 0 Å². The third-order valence-corrected chi connectivity index (χ3v) is 5.50. The number of anilines is 1. The number of aryl methyl sites for hydroxylation is 1. The lowest BCUT2D eigenvalue weighted by Crippen LogP contribution is -2.16. The number of hydrogen-bond acceptors (Lipinski definition) is 2. The Morgan fingerprint density at radius 2 is 1.69 bits per heavy atom. The topological polar surface area (TPSA) is 42.0 Å². The quantitative estimate of drug-likeness (QED) is 0.503. The fraction of sp³-hybridized carbons (Fsp3) is 0.158. The third kappa shape index (κ3) is 3.14. The average Bonchev–Trinajstić information content (AvgIpc) is 3.03. The molecule has 132 valence electrons. The van der Waals surface area contributed by atoms with Gasteiger partial charge in [0, 0.05) is 21.1 Å². The van der Waals surface area contributed by atoms with E-state index in [4.69, 9.17) is 46.4 Å². The molecule has 1 N–H and O–H groups in total. The molecular weight excluding hydrogens is 414 g/mol. The number of benzene rings is 2. The van der Waals surface area contributed by atoms with Crippen LogP contribution in [0.15, 0.2) is 30.3 Å². The SMILES string of the molecule is O=C(Nc1c(Cl)cc(Cl)cc1Cl)c1c2c(nc3ccc(Cl)cc13)CCC2. The molecule has 26 heavy (non-hydrogen) atoms. The number of carbonyl (C=O) groups excluding carboxylic acids is 1. The van der Waals surface area contributed by atoms with Crippen molar-refractivity contribution in [3.63, 3.8) is 0 Å². The second-order valence-corrected chi connectivity index (χ2v) is 7.81. The Labute approximate surface area is 170 Å². The van der Waals surface area contributed by atoms with Crippen molar-refractivity contribution < 1.29 is 4.79 Å². The van der Waals surface area contributed by atoms with Crippen molar-refractivity contribution in [2.45, 2.75) is 19.3 Å². The molecule has 3 nitrogen and oxygen atoms in total. The van der Waals surface area contributed by atoms with E-state index in [1.54, 1.807) is 12.1 Å².